The standard InChI is InChI=1S/C10H19O2/c1-4-6-10(12-8-11)7-9(3)5-2/h9-10H,4-7H2,1-3H3. The molecule has 2 heteroatoms. The molecule has 1 radical (unpaired) electrons. The molecule has 2 atom stereocenters. The fourth-order valence-corrected chi connectivity index (χ4v) is 1.23. The van der Waals surface area contributed by atoms with Gasteiger partial charge in [-0.3, -0.25) is 0 Å². The zero-order valence-corrected chi connectivity index (χ0v) is 8.30. The quantitative estimate of drug-likeness (QED) is 0.588. The third kappa shape index (κ3) is 5.16. The maximum atomic E-state index is 10.0. The predicted molar refractivity (Wildman–Crippen MR) is 49.5 cm³/mol. The molecule has 0 aromatic carbocycles. The molecule has 2 nitrogen and oxygen atoms in total. The molecule has 0 aliphatic heterocycles. The van der Waals surface area contributed by atoms with E-state index in [0.717, 1.165) is 25.7 Å². The van der Waals surface area contributed by atoms with Crippen molar-refractivity contribution in [2.45, 2.75) is 52.6 Å². The van der Waals surface area contributed by atoms with Crippen LogP contribution >= 0.6 is 0 Å². The first-order valence-corrected chi connectivity index (χ1v) is 4.77. The minimum atomic E-state index is 0.0856. The predicted octanol–water partition coefficient (Wildman–Crippen LogP) is 2.68. The summed E-state index contributed by atoms with van der Waals surface area (Å²) in [6.45, 7) is 7.96. The highest BCUT2D eigenvalue weighted by atomic mass is 16.5. The summed E-state index contributed by atoms with van der Waals surface area (Å²) in [6, 6.07) is 0. The van der Waals surface area contributed by atoms with Crippen molar-refractivity contribution < 1.29 is 9.53 Å². The molecule has 0 amide bonds. The Balaban J connectivity index is 3.68. The van der Waals surface area contributed by atoms with E-state index in [-0.39, 0.29) is 6.10 Å². The molecular weight excluding hydrogens is 152 g/mol. The van der Waals surface area contributed by atoms with Crippen molar-refractivity contribution in [3.8, 4) is 0 Å². The van der Waals surface area contributed by atoms with E-state index >= 15 is 0 Å². The minimum Gasteiger partial charge on any atom is -0.454 e. The zero-order chi connectivity index (χ0) is 9.40. The highest BCUT2D eigenvalue weighted by molar-refractivity contribution is 5.38. The number of hydrogen-bond donors (Lipinski definition) is 0. The lowest BCUT2D eigenvalue weighted by Crippen LogP contribution is -2.15. The Morgan fingerprint density at radius 3 is 2.50 bits per heavy atom. The molecule has 0 heterocycles. The van der Waals surface area contributed by atoms with E-state index in [0.29, 0.717) is 5.92 Å². The second kappa shape index (κ2) is 7.14. The number of ether oxygens (including phenoxy) is 1. The van der Waals surface area contributed by atoms with Crippen molar-refractivity contribution in [1.29, 1.82) is 0 Å². The molecule has 0 saturated carbocycles. The van der Waals surface area contributed by atoms with Crippen LogP contribution in [0.25, 0.3) is 0 Å². The monoisotopic (exact) mass is 171 g/mol. The van der Waals surface area contributed by atoms with Crippen LogP contribution in [-0.4, -0.2) is 12.6 Å². The molecule has 0 aromatic heterocycles. The van der Waals surface area contributed by atoms with E-state index < -0.39 is 0 Å². The van der Waals surface area contributed by atoms with Crippen molar-refractivity contribution >= 4 is 6.47 Å². The first-order chi connectivity index (χ1) is 5.74. The lowest BCUT2D eigenvalue weighted by molar-refractivity contribution is 0.139. The van der Waals surface area contributed by atoms with Gasteiger partial charge in [0.05, 0.1) is 0 Å². The SMILES string of the molecule is CCCC(CC(C)CC)O[C]=O. The van der Waals surface area contributed by atoms with Gasteiger partial charge in [-0.25, -0.2) is 4.79 Å². The summed E-state index contributed by atoms with van der Waals surface area (Å²) in [4.78, 5) is 10.0. The maximum absolute atomic E-state index is 10.0. The molecule has 71 valence electrons. The van der Waals surface area contributed by atoms with Crippen LogP contribution in [0.15, 0.2) is 0 Å². The van der Waals surface area contributed by atoms with Crippen LogP contribution in [0.3, 0.4) is 0 Å². The van der Waals surface area contributed by atoms with Crippen molar-refractivity contribution in [2.24, 2.45) is 5.92 Å². The molecule has 0 aromatic rings. The van der Waals surface area contributed by atoms with Gasteiger partial charge in [-0.15, -0.1) is 0 Å². The van der Waals surface area contributed by atoms with Gasteiger partial charge in [0.2, 0.25) is 0 Å². The highest BCUT2D eigenvalue weighted by Crippen LogP contribution is 2.15. The Hall–Kier alpha value is -0.530. The van der Waals surface area contributed by atoms with Crippen molar-refractivity contribution in [3.63, 3.8) is 0 Å². The van der Waals surface area contributed by atoms with Crippen molar-refractivity contribution in [2.75, 3.05) is 0 Å². The van der Waals surface area contributed by atoms with Crippen molar-refractivity contribution in [3.05, 3.63) is 0 Å². The van der Waals surface area contributed by atoms with E-state index in [4.69, 9.17) is 4.74 Å². The maximum Gasteiger partial charge on any atom is 0.417 e. The molecule has 0 spiro atoms. The average molecular weight is 171 g/mol. The van der Waals surface area contributed by atoms with Crippen LogP contribution in [-0.2, 0) is 9.53 Å². The topological polar surface area (TPSA) is 26.3 Å². The van der Waals surface area contributed by atoms with Crippen LogP contribution in [0.1, 0.15) is 46.5 Å². The summed E-state index contributed by atoms with van der Waals surface area (Å²) in [5.41, 5.74) is 0. The van der Waals surface area contributed by atoms with Gasteiger partial charge < -0.3 is 4.74 Å². The van der Waals surface area contributed by atoms with Gasteiger partial charge in [0, 0.05) is 0 Å². The average Bonchev–Trinajstić information content (AvgIpc) is 2.05. The van der Waals surface area contributed by atoms with E-state index in [9.17, 15) is 4.79 Å². The van der Waals surface area contributed by atoms with E-state index in [1.54, 1.807) is 0 Å². The highest BCUT2D eigenvalue weighted by Gasteiger charge is 2.11. The Morgan fingerprint density at radius 1 is 1.42 bits per heavy atom. The Labute approximate surface area is 75.3 Å². The van der Waals surface area contributed by atoms with Crippen LogP contribution in [0.5, 0.6) is 0 Å². The van der Waals surface area contributed by atoms with Crippen LogP contribution < -0.4 is 0 Å². The molecule has 12 heavy (non-hydrogen) atoms. The molecule has 0 fully saturated rings. The smallest absolute Gasteiger partial charge is 0.417 e. The lowest BCUT2D eigenvalue weighted by Gasteiger charge is -2.17. The zero-order valence-electron chi connectivity index (χ0n) is 8.30. The van der Waals surface area contributed by atoms with Gasteiger partial charge in [0.1, 0.15) is 6.10 Å². The number of rotatable bonds is 7. The first kappa shape index (κ1) is 11.5. The first-order valence-electron chi connectivity index (χ1n) is 4.77. The van der Waals surface area contributed by atoms with Crippen molar-refractivity contribution in [1.82, 2.24) is 0 Å². The Kier molecular flexibility index (Phi) is 6.82. The Morgan fingerprint density at radius 2 is 2.08 bits per heavy atom. The third-order valence-electron chi connectivity index (χ3n) is 2.19. The molecule has 0 aliphatic carbocycles. The molecule has 0 aliphatic rings. The van der Waals surface area contributed by atoms with Gasteiger partial charge in [-0.1, -0.05) is 33.6 Å². The molecule has 0 saturated heterocycles. The summed E-state index contributed by atoms with van der Waals surface area (Å²) >= 11 is 0. The fraction of sp³-hybridized carbons (Fsp3) is 0.900. The summed E-state index contributed by atoms with van der Waals surface area (Å²) in [6.07, 6.45) is 4.21. The second-order valence-electron chi connectivity index (χ2n) is 3.36. The summed E-state index contributed by atoms with van der Waals surface area (Å²) in [7, 11) is 0. The van der Waals surface area contributed by atoms with E-state index in [1.165, 1.54) is 6.47 Å². The number of carbonyl (C=O) groups excluding carboxylic acids is 1. The van der Waals surface area contributed by atoms with Gasteiger partial charge in [-0.05, 0) is 18.8 Å². The van der Waals surface area contributed by atoms with Gasteiger partial charge >= 0.3 is 6.47 Å². The number of hydrogen-bond acceptors (Lipinski definition) is 2. The molecule has 2 unspecified atom stereocenters. The van der Waals surface area contributed by atoms with Gasteiger partial charge in [0.15, 0.2) is 0 Å². The summed E-state index contributed by atoms with van der Waals surface area (Å²) in [5, 5.41) is 0. The van der Waals surface area contributed by atoms with Crippen LogP contribution in [0, 0.1) is 5.92 Å². The lowest BCUT2D eigenvalue weighted by atomic mass is 9.98. The fourth-order valence-electron chi connectivity index (χ4n) is 1.23. The third-order valence-corrected chi connectivity index (χ3v) is 2.19. The minimum absolute atomic E-state index is 0.0856. The largest absolute Gasteiger partial charge is 0.454 e. The summed E-state index contributed by atoms with van der Waals surface area (Å²) < 4.78 is 4.85. The second-order valence-corrected chi connectivity index (χ2v) is 3.36. The van der Waals surface area contributed by atoms with Crippen LogP contribution in [0.4, 0.5) is 0 Å². The van der Waals surface area contributed by atoms with E-state index in [1.807, 2.05) is 0 Å². The molecule has 0 bridgehead atoms. The van der Waals surface area contributed by atoms with E-state index in [2.05, 4.69) is 20.8 Å². The summed E-state index contributed by atoms with van der Waals surface area (Å²) in [5.74, 6) is 0.634. The Bertz CT molecular complexity index is 112. The molecule has 0 N–H and O–H groups in total. The molecule has 0 rings (SSSR count). The normalized spacial score (nSPS) is 15.2. The molecular formula is C10H19O2. The van der Waals surface area contributed by atoms with Gasteiger partial charge in [-0.2, -0.15) is 0 Å². The van der Waals surface area contributed by atoms with Crippen LogP contribution in [0.2, 0.25) is 0 Å². The van der Waals surface area contributed by atoms with Gasteiger partial charge in [0.25, 0.3) is 0 Å².